The van der Waals surface area contributed by atoms with Crippen LogP contribution in [0.1, 0.15) is 10.4 Å². The molecule has 0 saturated carbocycles. The molecule has 0 aliphatic carbocycles. The highest BCUT2D eigenvalue weighted by molar-refractivity contribution is 6.32. The van der Waals surface area contributed by atoms with Gasteiger partial charge in [-0.15, -0.1) is 0 Å². The summed E-state index contributed by atoms with van der Waals surface area (Å²) in [5.74, 6) is -0.430. The van der Waals surface area contributed by atoms with Gasteiger partial charge in [0.25, 0.3) is 0 Å². The second kappa shape index (κ2) is 4.06. The first-order valence-corrected chi connectivity index (χ1v) is 4.95. The number of carbonyl (C=O) groups is 1. The van der Waals surface area contributed by atoms with Crippen molar-refractivity contribution in [3.8, 4) is 11.3 Å². The van der Waals surface area contributed by atoms with E-state index in [-0.39, 0.29) is 22.0 Å². The predicted molar refractivity (Wildman–Crippen MR) is 59.0 cm³/mol. The summed E-state index contributed by atoms with van der Waals surface area (Å²) in [5.41, 5.74) is 0.738. The van der Waals surface area contributed by atoms with Gasteiger partial charge in [0.2, 0.25) is 0 Å². The summed E-state index contributed by atoms with van der Waals surface area (Å²) in [7, 11) is 1.60. The number of aldehydes is 1. The second-order valence-electron chi connectivity index (χ2n) is 3.27. The van der Waals surface area contributed by atoms with Crippen molar-refractivity contribution in [1.29, 1.82) is 0 Å². The molecule has 2 rings (SSSR count). The van der Waals surface area contributed by atoms with Crippen LogP contribution in [0, 0.1) is 5.82 Å². The van der Waals surface area contributed by atoms with E-state index in [0.717, 1.165) is 0 Å². The first kappa shape index (κ1) is 10.8. The molecular formula is C11H8ClFN2O. The molecule has 0 amide bonds. The van der Waals surface area contributed by atoms with Gasteiger partial charge in [0, 0.05) is 12.6 Å². The average molecular weight is 239 g/mol. The Balaban J connectivity index is 2.69. The lowest BCUT2D eigenvalue weighted by atomic mass is 10.1. The SMILES string of the molecule is Cn1nc(-c2ccccc2F)c(C=O)c1Cl. The zero-order chi connectivity index (χ0) is 11.7. The first-order chi connectivity index (χ1) is 7.65. The molecule has 0 radical (unpaired) electrons. The van der Waals surface area contributed by atoms with E-state index in [2.05, 4.69) is 5.10 Å². The largest absolute Gasteiger partial charge is 0.298 e. The monoisotopic (exact) mass is 238 g/mol. The molecule has 1 aromatic carbocycles. The molecule has 0 aliphatic heterocycles. The molecule has 0 fully saturated rings. The summed E-state index contributed by atoms with van der Waals surface area (Å²) in [4.78, 5) is 10.9. The Bertz CT molecular complexity index is 551. The van der Waals surface area contributed by atoms with Crippen molar-refractivity contribution in [2.45, 2.75) is 0 Å². The molecule has 2 aromatic rings. The summed E-state index contributed by atoms with van der Waals surface area (Å²) < 4.78 is 14.9. The molecule has 82 valence electrons. The van der Waals surface area contributed by atoms with Crippen LogP contribution in [0.25, 0.3) is 11.3 Å². The topological polar surface area (TPSA) is 34.9 Å². The molecule has 1 heterocycles. The van der Waals surface area contributed by atoms with Crippen molar-refractivity contribution in [1.82, 2.24) is 9.78 Å². The number of aryl methyl sites for hydroxylation is 1. The van der Waals surface area contributed by atoms with E-state index >= 15 is 0 Å². The smallest absolute Gasteiger partial charge is 0.155 e. The van der Waals surface area contributed by atoms with E-state index in [4.69, 9.17) is 11.6 Å². The highest BCUT2D eigenvalue weighted by atomic mass is 35.5. The van der Waals surface area contributed by atoms with E-state index in [1.807, 2.05) is 0 Å². The standard InChI is InChI=1S/C11H8ClFN2O/c1-15-11(12)8(6-16)10(14-15)7-4-2-3-5-9(7)13/h2-6H,1H3. The highest BCUT2D eigenvalue weighted by Crippen LogP contribution is 2.28. The van der Waals surface area contributed by atoms with Crippen LogP contribution in [0.5, 0.6) is 0 Å². The maximum atomic E-state index is 13.5. The normalized spacial score (nSPS) is 10.4. The number of nitrogens with zero attached hydrogens (tertiary/aromatic N) is 2. The third-order valence-electron chi connectivity index (χ3n) is 2.26. The first-order valence-electron chi connectivity index (χ1n) is 4.57. The van der Waals surface area contributed by atoms with Gasteiger partial charge in [0.05, 0.1) is 5.56 Å². The molecule has 0 spiro atoms. The molecule has 1 aromatic heterocycles. The van der Waals surface area contributed by atoms with Crippen LogP contribution < -0.4 is 0 Å². The van der Waals surface area contributed by atoms with Gasteiger partial charge in [-0.1, -0.05) is 23.7 Å². The van der Waals surface area contributed by atoms with Crippen molar-refractivity contribution < 1.29 is 9.18 Å². The molecule has 0 N–H and O–H groups in total. The van der Waals surface area contributed by atoms with E-state index in [0.29, 0.717) is 6.29 Å². The molecule has 0 saturated heterocycles. The molecule has 0 unspecified atom stereocenters. The van der Waals surface area contributed by atoms with E-state index in [1.54, 1.807) is 25.2 Å². The van der Waals surface area contributed by atoms with Gasteiger partial charge in [-0.3, -0.25) is 9.48 Å². The Morgan fingerprint density at radius 2 is 2.12 bits per heavy atom. The van der Waals surface area contributed by atoms with Crippen LogP contribution in [0.2, 0.25) is 5.15 Å². The number of aromatic nitrogens is 2. The van der Waals surface area contributed by atoms with Crippen LogP contribution in [-0.4, -0.2) is 16.1 Å². The molecule has 0 aliphatic rings. The number of benzene rings is 1. The van der Waals surface area contributed by atoms with Crippen molar-refractivity contribution >= 4 is 17.9 Å². The highest BCUT2D eigenvalue weighted by Gasteiger charge is 2.17. The third-order valence-corrected chi connectivity index (χ3v) is 2.71. The number of halogens is 2. The van der Waals surface area contributed by atoms with Crippen molar-refractivity contribution in [2.24, 2.45) is 7.05 Å². The van der Waals surface area contributed by atoms with Gasteiger partial charge in [-0.05, 0) is 12.1 Å². The maximum absolute atomic E-state index is 13.5. The van der Waals surface area contributed by atoms with Gasteiger partial charge >= 0.3 is 0 Å². The minimum atomic E-state index is -0.430. The quantitative estimate of drug-likeness (QED) is 0.754. The minimum Gasteiger partial charge on any atom is -0.298 e. The molecular weight excluding hydrogens is 231 g/mol. The van der Waals surface area contributed by atoms with Crippen LogP contribution in [0.4, 0.5) is 4.39 Å². The van der Waals surface area contributed by atoms with Crippen molar-refractivity contribution in [3.05, 3.63) is 40.8 Å². The van der Waals surface area contributed by atoms with Gasteiger partial charge in [0.15, 0.2) is 6.29 Å². The molecule has 16 heavy (non-hydrogen) atoms. The van der Waals surface area contributed by atoms with Crippen molar-refractivity contribution in [2.75, 3.05) is 0 Å². The molecule has 0 atom stereocenters. The third kappa shape index (κ3) is 1.61. The molecule has 5 heteroatoms. The van der Waals surface area contributed by atoms with E-state index in [9.17, 15) is 9.18 Å². The zero-order valence-corrected chi connectivity index (χ0v) is 9.20. The fraction of sp³-hybridized carbons (Fsp3) is 0.0909. The minimum absolute atomic E-state index is 0.202. The van der Waals surface area contributed by atoms with E-state index in [1.165, 1.54) is 10.7 Å². The van der Waals surface area contributed by atoms with Crippen LogP contribution in [-0.2, 0) is 7.05 Å². The lowest BCUT2D eigenvalue weighted by Gasteiger charge is -1.98. The average Bonchev–Trinajstić information content (AvgIpc) is 2.56. The van der Waals surface area contributed by atoms with Gasteiger partial charge in [-0.2, -0.15) is 5.10 Å². The van der Waals surface area contributed by atoms with Crippen LogP contribution in [0.15, 0.2) is 24.3 Å². The number of carbonyl (C=O) groups excluding carboxylic acids is 1. The number of hydrogen-bond acceptors (Lipinski definition) is 2. The summed E-state index contributed by atoms with van der Waals surface area (Å²) in [5, 5.41) is 4.23. The Kier molecular flexibility index (Phi) is 2.75. The summed E-state index contributed by atoms with van der Waals surface area (Å²) >= 11 is 5.86. The lowest BCUT2D eigenvalue weighted by Crippen LogP contribution is -1.90. The van der Waals surface area contributed by atoms with Crippen molar-refractivity contribution in [3.63, 3.8) is 0 Å². The van der Waals surface area contributed by atoms with Gasteiger partial charge in [0.1, 0.15) is 16.7 Å². The van der Waals surface area contributed by atoms with E-state index < -0.39 is 5.82 Å². The maximum Gasteiger partial charge on any atom is 0.155 e. The van der Waals surface area contributed by atoms with Crippen LogP contribution >= 0.6 is 11.6 Å². The Labute approximate surface area is 96.5 Å². The fourth-order valence-electron chi connectivity index (χ4n) is 1.48. The molecule has 3 nitrogen and oxygen atoms in total. The zero-order valence-electron chi connectivity index (χ0n) is 8.45. The van der Waals surface area contributed by atoms with Gasteiger partial charge in [-0.25, -0.2) is 4.39 Å². The lowest BCUT2D eigenvalue weighted by molar-refractivity contribution is 0.112. The summed E-state index contributed by atoms with van der Waals surface area (Å²) in [6.07, 6.45) is 0.580. The van der Waals surface area contributed by atoms with Gasteiger partial charge < -0.3 is 0 Å². The molecule has 0 bridgehead atoms. The Hall–Kier alpha value is -1.68. The predicted octanol–water partition coefficient (Wildman–Crippen LogP) is 2.69. The van der Waals surface area contributed by atoms with Crippen LogP contribution in [0.3, 0.4) is 0 Å². The summed E-state index contributed by atoms with van der Waals surface area (Å²) in [6.45, 7) is 0. The second-order valence-corrected chi connectivity index (χ2v) is 3.63. The Morgan fingerprint density at radius 1 is 1.44 bits per heavy atom. The Morgan fingerprint density at radius 3 is 2.75 bits per heavy atom. The fourth-order valence-corrected chi connectivity index (χ4v) is 1.65. The summed E-state index contributed by atoms with van der Waals surface area (Å²) in [6, 6.07) is 6.12. The number of rotatable bonds is 2. The number of hydrogen-bond donors (Lipinski definition) is 0.